The van der Waals surface area contributed by atoms with Gasteiger partial charge in [-0.1, -0.05) is 23.4 Å². The second-order valence-corrected chi connectivity index (χ2v) is 8.60. The van der Waals surface area contributed by atoms with Crippen molar-refractivity contribution in [1.82, 2.24) is 34.7 Å². The van der Waals surface area contributed by atoms with Crippen molar-refractivity contribution >= 4 is 16.8 Å². The van der Waals surface area contributed by atoms with E-state index >= 15 is 0 Å². The first-order valence-corrected chi connectivity index (χ1v) is 11.3. The highest BCUT2D eigenvalue weighted by atomic mass is 19.4. The molecule has 0 saturated heterocycles. The van der Waals surface area contributed by atoms with Crippen LogP contribution in [0.25, 0.3) is 16.6 Å². The van der Waals surface area contributed by atoms with Gasteiger partial charge in [0.1, 0.15) is 11.5 Å². The van der Waals surface area contributed by atoms with E-state index in [1.54, 1.807) is 13.1 Å². The Morgan fingerprint density at radius 2 is 1.84 bits per heavy atom. The third-order valence-corrected chi connectivity index (χ3v) is 5.79. The average molecular weight is 511 g/mol. The summed E-state index contributed by atoms with van der Waals surface area (Å²) in [6.45, 7) is 2.33. The highest BCUT2D eigenvalue weighted by Gasteiger charge is 2.40. The summed E-state index contributed by atoms with van der Waals surface area (Å²) < 4.78 is 59.0. The first-order valence-electron chi connectivity index (χ1n) is 11.3. The summed E-state index contributed by atoms with van der Waals surface area (Å²) in [6.07, 6.45) is -0.338. The molecular weight excluding hydrogens is 490 g/mol. The van der Waals surface area contributed by atoms with Crippen LogP contribution in [0.4, 0.5) is 17.6 Å². The number of carbonyl (C=O) groups excluding carboxylic acids is 1. The number of nitrogens with zero attached hydrogens (tertiary/aromatic N) is 6. The molecule has 1 atom stereocenters. The van der Waals surface area contributed by atoms with Crippen LogP contribution in [0, 0.1) is 5.82 Å². The van der Waals surface area contributed by atoms with E-state index in [4.69, 9.17) is 0 Å². The minimum absolute atomic E-state index is 0.0218. The van der Waals surface area contributed by atoms with Crippen molar-refractivity contribution < 1.29 is 22.4 Å². The molecule has 1 N–H and O–H groups in total. The van der Waals surface area contributed by atoms with Crippen molar-refractivity contribution in [3.63, 3.8) is 0 Å². The second kappa shape index (κ2) is 9.52. The number of benzene rings is 2. The fourth-order valence-electron chi connectivity index (χ4n) is 4.15. The molecule has 0 fully saturated rings. The third-order valence-electron chi connectivity index (χ3n) is 5.79. The van der Waals surface area contributed by atoms with Gasteiger partial charge in [-0.3, -0.25) is 9.48 Å². The van der Waals surface area contributed by atoms with Gasteiger partial charge in [0.25, 0.3) is 5.91 Å². The Kier molecular flexibility index (Phi) is 6.24. The maximum atomic E-state index is 13.9. The zero-order valence-corrected chi connectivity index (χ0v) is 19.5. The summed E-state index contributed by atoms with van der Waals surface area (Å²) in [5.74, 6) is -1.54. The van der Waals surface area contributed by atoms with E-state index in [0.29, 0.717) is 16.9 Å². The number of hydrogen-bond donors (Lipinski definition) is 1. The summed E-state index contributed by atoms with van der Waals surface area (Å²) in [5.41, 5.74) is -0.154. The Morgan fingerprint density at radius 3 is 2.59 bits per heavy atom. The van der Waals surface area contributed by atoms with Crippen LogP contribution >= 0.6 is 0 Å². The fourth-order valence-corrected chi connectivity index (χ4v) is 4.15. The molecule has 0 spiro atoms. The predicted octanol–water partition coefficient (Wildman–Crippen LogP) is 4.44. The molecule has 0 aliphatic carbocycles. The number of amides is 1. The Labute approximate surface area is 208 Å². The van der Waals surface area contributed by atoms with Crippen LogP contribution in [0.5, 0.6) is 0 Å². The molecule has 12 heteroatoms. The molecule has 5 aromatic rings. The van der Waals surface area contributed by atoms with Crippen LogP contribution in [0.1, 0.15) is 28.7 Å². The molecular formula is C25H21F4N7O. The Bertz CT molecular complexity index is 1550. The van der Waals surface area contributed by atoms with Gasteiger partial charge >= 0.3 is 6.18 Å². The van der Waals surface area contributed by atoms with E-state index in [2.05, 4.69) is 20.7 Å². The lowest BCUT2D eigenvalue weighted by molar-refractivity contribution is -0.143. The van der Waals surface area contributed by atoms with Gasteiger partial charge in [-0.15, -0.1) is 5.10 Å². The van der Waals surface area contributed by atoms with Crippen molar-refractivity contribution in [2.45, 2.75) is 32.2 Å². The molecule has 3 heterocycles. The van der Waals surface area contributed by atoms with Crippen molar-refractivity contribution in [2.24, 2.45) is 0 Å². The van der Waals surface area contributed by atoms with Crippen molar-refractivity contribution in [3.05, 3.63) is 96.0 Å². The zero-order valence-electron chi connectivity index (χ0n) is 19.5. The van der Waals surface area contributed by atoms with E-state index in [1.807, 2.05) is 41.1 Å². The van der Waals surface area contributed by atoms with E-state index in [-0.39, 0.29) is 12.2 Å². The van der Waals surface area contributed by atoms with Gasteiger partial charge in [0, 0.05) is 17.8 Å². The summed E-state index contributed by atoms with van der Waals surface area (Å²) in [7, 11) is 0. The molecule has 0 unspecified atom stereocenters. The second-order valence-electron chi connectivity index (χ2n) is 8.60. The number of nitrogens with one attached hydrogen (secondary N) is 1. The van der Waals surface area contributed by atoms with Crippen LogP contribution in [0.15, 0.2) is 73.2 Å². The van der Waals surface area contributed by atoms with E-state index < -0.39 is 35.2 Å². The van der Waals surface area contributed by atoms with Crippen molar-refractivity contribution in [1.29, 1.82) is 0 Å². The quantitative estimate of drug-likeness (QED) is 0.328. The largest absolute Gasteiger partial charge is 0.434 e. The molecule has 1 amide bonds. The lowest BCUT2D eigenvalue weighted by Crippen LogP contribution is -2.36. The molecule has 0 radical (unpaired) electrons. The Balaban J connectivity index is 1.28. The van der Waals surface area contributed by atoms with Crippen molar-refractivity contribution in [3.8, 4) is 5.69 Å². The van der Waals surface area contributed by atoms with E-state index in [9.17, 15) is 22.4 Å². The highest BCUT2D eigenvalue weighted by Crippen LogP contribution is 2.33. The molecule has 2 aromatic carbocycles. The van der Waals surface area contributed by atoms with Gasteiger partial charge in [0.05, 0.1) is 36.7 Å². The van der Waals surface area contributed by atoms with Crippen LogP contribution in [0.3, 0.4) is 0 Å². The maximum absolute atomic E-state index is 13.9. The number of para-hydroxylation sites is 1. The van der Waals surface area contributed by atoms with Crippen LogP contribution < -0.4 is 5.32 Å². The van der Waals surface area contributed by atoms with Gasteiger partial charge in [0.15, 0.2) is 5.69 Å². The topological polar surface area (TPSA) is 82.6 Å². The summed E-state index contributed by atoms with van der Waals surface area (Å²) in [5, 5.41) is 15.7. The normalized spacial score (nSPS) is 12.7. The van der Waals surface area contributed by atoms with Crippen LogP contribution in [0.2, 0.25) is 0 Å². The number of alkyl halides is 3. The molecule has 5 rings (SSSR count). The lowest BCUT2D eigenvalue weighted by Gasteiger charge is -2.15. The van der Waals surface area contributed by atoms with Gasteiger partial charge in [-0.05, 0) is 48.7 Å². The molecule has 0 saturated carbocycles. The average Bonchev–Trinajstić information content (AvgIpc) is 3.58. The molecule has 3 aromatic heterocycles. The minimum Gasteiger partial charge on any atom is -0.348 e. The Morgan fingerprint density at radius 1 is 1.08 bits per heavy atom. The van der Waals surface area contributed by atoms with Crippen molar-refractivity contribution in [2.75, 3.05) is 0 Å². The summed E-state index contributed by atoms with van der Waals surface area (Å²) >= 11 is 0. The van der Waals surface area contributed by atoms with Crippen LogP contribution in [-0.2, 0) is 19.3 Å². The molecule has 0 aliphatic rings. The zero-order chi connectivity index (χ0) is 26.2. The fraction of sp³-hybridized carbons (Fsp3) is 0.200. The first kappa shape index (κ1) is 24.2. The number of fused-ring (bicyclic) bond motifs is 1. The third kappa shape index (κ3) is 5.08. The smallest absolute Gasteiger partial charge is 0.348 e. The standard InChI is InChI=1S/C25H21F4N7O/c1-16(13-35-15-19(32-33-35)14-34-11-10-17-4-2-3-5-22(17)34)31-24(37)21-12-30-36(23(21)25(27,28)29)20-8-6-18(26)7-9-20/h2-12,15-16H,13-14H2,1H3,(H,31,37)/t16-/m0/s1. The molecule has 8 nitrogen and oxygen atoms in total. The van der Waals surface area contributed by atoms with Crippen LogP contribution in [-0.4, -0.2) is 41.3 Å². The van der Waals surface area contributed by atoms with Gasteiger partial charge in [-0.25, -0.2) is 9.07 Å². The Hall–Kier alpha value is -4.48. The minimum atomic E-state index is -4.87. The number of rotatable bonds is 7. The monoisotopic (exact) mass is 511 g/mol. The number of hydrogen-bond acceptors (Lipinski definition) is 4. The van der Waals surface area contributed by atoms with Gasteiger partial charge in [0.2, 0.25) is 0 Å². The van der Waals surface area contributed by atoms with Gasteiger partial charge in [-0.2, -0.15) is 18.3 Å². The van der Waals surface area contributed by atoms with Gasteiger partial charge < -0.3 is 9.88 Å². The predicted molar refractivity (Wildman–Crippen MR) is 127 cm³/mol. The summed E-state index contributed by atoms with van der Waals surface area (Å²) in [4.78, 5) is 12.8. The molecule has 0 bridgehead atoms. The maximum Gasteiger partial charge on any atom is 0.434 e. The lowest BCUT2D eigenvalue weighted by atomic mass is 10.2. The number of aromatic nitrogens is 6. The SMILES string of the molecule is C[C@@H](Cn1cc(Cn2ccc3ccccc32)nn1)NC(=O)c1cnn(-c2ccc(F)cc2)c1C(F)(F)F. The van der Waals surface area contributed by atoms with E-state index in [1.165, 1.54) is 4.68 Å². The highest BCUT2D eigenvalue weighted by molar-refractivity contribution is 5.95. The summed E-state index contributed by atoms with van der Waals surface area (Å²) in [6, 6.07) is 13.7. The van der Waals surface area contributed by atoms with E-state index in [0.717, 1.165) is 41.4 Å². The molecule has 190 valence electrons. The number of carbonyl (C=O) groups is 1. The molecule has 0 aliphatic heterocycles. The number of halogens is 4. The molecule has 37 heavy (non-hydrogen) atoms. The first-order chi connectivity index (χ1) is 17.7.